The Morgan fingerprint density at radius 2 is 1.93 bits per heavy atom. The summed E-state index contributed by atoms with van der Waals surface area (Å²) in [6.07, 6.45) is 1.36. The number of rotatable bonds is 5. The summed E-state index contributed by atoms with van der Waals surface area (Å²) in [7, 11) is -3.96. The number of sulfonamides is 1. The number of furan rings is 1. The maximum absolute atomic E-state index is 12.6. The van der Waals surface area contributed by atoms with Crippen LogP contribution in [0.25, 0.3) is 0 Å². The fourth-order valence-electron chi connectivity index (χ4n) is 2.36. The lowest BCUT2D eigenvalue weighted by Crippen LogP contribution is -2.15. The highest BCUT2D eigenvalue weighted by Crippen LogP contribution is 2.28. The van der Waals surface area contributed by atoms with Gasteiger partial charge in [0.1, 0.15) is 11.5 Å². The number of phenols is 1. The number of amides is 1. The van der Waals surface area contributed by atoms with E-state index in [1.165, 1.54) is 30.5 Å². The molecule has 0 aliphatic heterocycles. The molecule has 140 valence electrons. The molecule has 1 aromatic heterocycles. The van der Waals surface area contributed by atoms with Gasteiger partial charge in [0.2, 0.25) is 0 Å². The molecule has 0 atom stereocenters. The summed E-state index contributed by atoms with van der Waals surface area (Å²) in [5.74, 6) is -0.404. The molecule has 0 radical (unpaired) electrons. The molecule has 0 saturated heterocycles. The van der Waals surface area contributed by atoms with Crippen molar-refractivity contribution in [3.63, 3.8) is 0 Å². The molecule has 0 aliphatic rings. The van der Waals surface area contributed by atoms with Crippen LogP contribution in [-0.2, 0) is 10.0 Å². The van der Waals surface area contributed by atoms with Crippen LogP contribution in [0, 0.1) is 6.92 Å². The predicted octanol–water partition coefficient (Wildman–Crippen LogP) is 4.00. The molecule has 9 heteroatoms. The quantitative estimate of drug-likeness (QED) is 0.555. The van der Waals surface area contributed by atoms with Crippen LogP contribution in [0.2, 0.25) is 5.02 Å². The number of aromatic hydroxyl groups is 1. The number of benzene rings is 2. The Hall–Kier alpha value is -2.97. The zero-order valence-electron chi connectivity index (χ0n) is 14.1. The first-order valence-corrected chi connectivity index (χ1v) is 9.59. The third-order valence-electron chi connectivity index (χ3n) is 3.71. The number of hydrogen-bond donors (Lipinski definition) is 3. The summed E-state index contributed by atoms with van der Waals surface area (Å²) in [5, 5.41) is 12.8. The first-order chi connectivity index (χ1) is 12.8. The van der Waals surface area contributed by atoms with Crippen molar-refractivity contribution in [2.75, 3.05) is 10.0 Å². The lowest BCUT2D eigenvalue weighted by Gasteiger charge is -2.11. The monoisotopic (exact) mass is 406 g/mol. The minimum atomic E-state index is -3.96. The highest BCUT2D eigenvalue weighted by Gasteiger charge is 2.19. The average Bonchev–Trinajstić information content (AvgIpc) is 3.02. The first-order valence-electron chi connectivity index (χ1n) is 7.73. The van der Waals surface area contributed by atoms with Gasteiger partial charge in [-0.3, -0.25) is 9.52 Å². The number of anilines is 2. The first kappa shape index (κ1) is 18.8. The minimum absolute atomic E-state index is 0.0467. The summed E-state index contributed by atoms with van der Waals surface area (Å²) in [5.41, 5.74) is 0.518. The molecule has 7 nitrogen and oxygen atoms in total. The van der Waals surface area contributed by atoms with Crippen molar-refractivity contribution in [2.45, 2.75) is 11.8 Å². The highest BCUT2D eigenvalue weighted by atomic mass is 35.5. The van der Waals surface area contributed by atoms with E-state index in [9.17, 15) is 18.3 Å². The zero-order chi connectivity index (χ0) is 19.6. The molecular formula is C18H15ClN2O5S. The normalized spacial score (nSPS) is 11.2. The van der Waals surface area contributed by atoms with Gasteiger partial charge in [0.25, 0.3) is 15.9 Å². The van der Waals surface area contributed by atoms with Crippen LogP contribution in [0.3, 0.4) is 0 Å². The number of carbonyl (C=O) groups is 1. The molecule has 0 fully saturated rings. The standard InChI is InChI=1S/C18H15ClN2O5S/c1-11-15(7-8-26-11)18(23)20-16-10-14(5-6-17(16)22)27(24,25)21-13-4-2-3-12(19)9-13/h2-10,21-22H,1H3,(H,20,23). The van der Waals surface area contributed by atoms with Gasteiger partial charge in [-0.05, 0) is 49.4 Å². The van der Waals surface area contributed by atoms with E-state index in [2.05, 4.69) is 10.0 Å². The molecule has 27 heavy (non-hydrogen) atoms. The van der Waals surface area contributed by atoms with Crippen molar-refractivity contribution in [1.29, 1.82) is 0 Å². The summed E-state index contributed by atoms with van der Waals surface area (Å²) in [4.78, 5) is 12.1. The van der Waals surface area contributed by atoms with E-state index < -0.39 is 15.9 Å². The summed E-state index contributed by atoms with van der Waals surface area (Å²) < 4.78 is 32.6. The molecule has 0 bridgehead atoms. The predicted molar refractivity (Wildman–Crippen MR) is 102 cm³/mol. The number of phenolic OH excluding ortho intramolecular Hbond substituents is 1. The fraction of sp³-hybridized carbons (Fsp3) is 0.0556. The summed E-state index contributed by atoms with van der Waals surface area (Å²) >= 11 is 5.86. The van der Waals surface area contributed by atoms with Gasteiger partial charge in [-0.2, -0.15) is 0 Å². The van der Waals surface area contributed by atoms with E-state index >= 15 is 0 Å². The second-order valence-corrected chi connectivity index (χ2v) is 7.76. The van der Waals surface area contributed by atoms with Gasteiger partial charge in [-0.1, -0.05) is 17.7 Å². The number of hydrogen-bond acceptors (Lipinski definition) is 5. The topological polar surface area (TPSA) is 109 Å². The Bertz CT molecular complexity index is 1110. The molecule has 0 aliphatic carbocycles. The van der Waals surface area contributed by atoms with Gasteiger partial charge in [0.05, 0.1) is 28.1 Å². The lowest BCUT2D eigenvalue weighted by atomic mass is 10.2. The summed E-state index contributed by atoms with van der Waals surface area (Å²) in [6, 6.07) is 11.3. The lowest BCUT2D eigenvalue weighted by molar-refractivity contribution is 0.102. The molecule has 1 amide bonds. The Morgan fingerprint density at radius 1 is 1.15 bits per heavy atom. The van der Waals surface area contributed by atoms with E-state index in [1.807, 2.05) is 0 Å². The Kier molecular flexibility index (Phi) is 5.11. The maximum Gasteiger partial charge on any atom is 0.261 e. The smallest absolute Gasteiger partial charge is 0.261 e. The van der Waals surface area contributed by atoms with E-state index in [0.717, 1.165) is 6.07 Å². The third-order valence-corrected chi connectivity index (χ3v) is 5.32. The van der Waals surface area contributed by atoms with Gasteiger partial charge in [0.15, 0.2) is 0 Å². The SMILES string of the molecule is Cc1occc1C(=O)Nc1cc(S(=O)(=O)Nc2cccc(Cl)c2)ccc1O. The van der Waals surface area contributed by atoms with Gasteiger partial charge in [-0.15, -0.1) is 0 Å². The molecule has 0 spiro atoms. The number of halogens is 1. The number of carbonyl (C=O) groups excluding carboxylic acids is 1. The van der Waals surface area contributed by atoms with Crippen LogP contribution in [-0.4, -0.2) is 19.4 Å². The summed E-state index contributed by atoms with van der Waals surface area (Å²) in [6.45, 7) is 1.62. The second-order valence-electron chi connectivity index (χ2n) is 5.64. The Labute approximate surface area is 160 Å². The van der Waals surface area contributed by atoms with Crippen LogP contribution < -0.4 is 10.0 Å². The van der Waals surface area contributed by atoms with Gasteiger partial charge < -0.3 is 14.8 Å². The van der Waals surface area contributed by atoms with Crippen molar-refractivity contribution in [3.8, 4) is 5.75 Å². The van der Waals surface area contributed by atoms with E-state index in [1.54, 1.807) is 25.1 Å². The Morgan fingerprint density at radius 3 is 2.59 bits per heavy atom. The largest absolute Gasteiger partial charge is 0.506 e. The molecule has 3 rings (SSSR count). The van der Waals surface area contributed by atoms with Crippen molar-refractivity contribution < 1.29 is 22.7 Å². The van der Waals surface area contributed by atoms with Crippen molar-refractivity contribution in [2.24, 2.45) is 0 Å². The van der Waals surface area contributed by atoms with Crippen molar-refractivity contribution >= 4 is 38.9 Å². The van der Waals surface area contributed by atoms with E-state index in [0.29, 0.717) is 10.8 Å². The van der Waals surface area contributed by atoms with Crippen LogP contribution in [0.4, 0.5) is 11.4 Å². The highest BCUT2D eigenvalue weighted by molar-refractivity contribution is 7.92. The fourth-order valence-corrected chi connectivity index (χ4v) is 3.62. The zero-order valence-corrected chi connectivity index (χ0v) is 15.6. The maximum atomic E-state index is 12.6. The van der Waals surface area contributed by atoms with Gasteiger partial charge >= 0.3 is 0 Å². The van der Waals surface area contributed by atoms with Gasteiger partial charge in [-0.25, -0.2) is 8.42 Å². The molecule has 0 unspecified atom stereocenters. The van der Waals surface area contributed by atoms with E-state index in [4.69, 9.17) is 16.0 Å². The Balaban J connectivity index is 1.88. The van der Waals surface area contributed by atoms with Gasteiger partial charge in [0, 0.05) is 5.02 Å². The molecule has 1 heterocycles. The number of aryl methyl sites for hydroxylation is 1. The van der Waals surface area contributed by atoms with Crippen LogP contribution in [0.15, 0.2) is 64.1 Å². The average molecular weight is 407 g/mol. The third kappa shape index (κ3) is 4.24. The van der Waals surface area contributed by atoms with Crippen molar-refractivity contribution in [3.05, 3.63) is 71.1 Å². The van der Waals surface area contributed by atoms with Crippen LogP contribution in [0.5, 0.6) is 5.75 Å². The molecule has 3 aromatic rings. The van der Waals surface area contributed by atoms with E-state index in [-0.39, 0.29) is 27.6 Å². The van der Waals surface area contributed by atoms with Crippen LogP contribution in [0.1, 0.15) is 16.1 Å². The molecule has 0 saturated carbocycles. The molecule has 3 N–H and O–H groups in total. The minimum Gasteiger partial charge on any atom is -0.506 e. The molecular weight excluding hydrogens is 392 g/mol. The second kappa shape index (κ2) is 7.34. The molecule has 2 aromatic carbocycles. The van der Waals surface area contributed by atoms with Crippen LogP contribution >= 0.6 is 11.6 Å². The van der Waals surface area contributed by atoms with Crippen molar-refractivity contribution in [1.82, 2.24) is 0 Å². The number of nitrogens with one attached hydrogen (secondary N) is 2.